The monoisotopic (exact) mass is 395 g/mol. The van der Waals surface area contributed by atoms with Gasteiger partial charge in [0.15, 0.2) is 5.75 Å². The van der Waals surface area contributed by atoms with Gasteiger partial charge in [-0.2, -0.15) is 0 Å². The molecule has 148 valence electrons. The topological polar surface area (TPSA) is 126 Å². The van der Waals surface area contributed by atoms with Crippen molar-refractivity contribution >= 4 is 24.4 Å². The molecule has 0 spiro atoms. The summed E-state index contributed by atoms with van der Waals surface area (Å²) < 4.78 is 20.7. The largest absolute Gasteiger partial charge is 0.598 e. The van der Waals surface area contributed by atoms with Crippen LogP contribution in [0.3, 0.4) is 0 Å². The fraction of sp³-hybridized carbons (Fsp3) is 0.588. The van der Waals surface area contributed by atoms with Crippen LogP contribution in [-0.2, 0) is 33.1 Å². The zero-order valence-corrected chi connectivity index (χ0v) is 16.1. The molecule has 1 aromatic rings. The summed E-state index contributed by atoms with van der Waals surface area (Å²) in [7, 11) is 0.773. The summed E-state index contributed by atoms with van der Waals surface area (Å²) in [6.07, 6.45) is 0.393. The van der Waals surface area contributed by atoms with Crippen molar-refractivity contribution in [2.45, 2.75) is 49.6 Å². The summed E-state index contributed by atoms with van der Waals surface area (Å²) in [5.41, 5.74) is 3.47. The number of likely N-dealkylation sites (N-methyl/N-ethyl adjacent to an activating group) is 1. The van der Waals surface area contributed by atoms with Gasteiger partial charge < -0.3 is 30.0 Å². The standard InChI is InChI=1S/C17H26BN3O5S/c1-19-9-15-14-4-2-11(6-12(14)8-20-15)10-27(25)21-16-5-3-13(7-17(22)23)26-18(16)24/h2,4,6,13,15-16,19-21,24H,3,5,7-10H2,1H3,(H,22,23)/t13-,15?,16-,27?/m0/s1. The van der Waals surface area contributed by atoms with E-state index in [1.54, 1.807) is 0 Å². The van der Waals surface area contributed by atoms with E-state index in [2.05, 4.69) is 27.5 Å². The van der Waals surface area contributed by atoms with Gasteiger partial charge in [0.1, 0.15) is 0 Å². The lowest BCUT2D eigenvalue weighted by molar-refractivity contribution is -0.139. The van der Waals surface area contributed by atoms with Gasteiger partial charge in [0.2, 0.25) is 0 Å². The Hall–Kier alpha value is -1.14. The maximum atomic E-state index is 12.5. The van der Waals surface area contributed by atoms with E-state index in [1.165, 1.54) is 11.1 Å². The Morgan fingerprint density at radius 1 is 1.48 bits per heavy atom. The quantitative estimate of drug-likeness (QED) is 0.304. The molecule has 0 radical (unpaired) electrons. The van der Waals surface area contributed by atoms with E-state index >= 15 is 0 Å². The maximum Gasteiger partial charge on any atom is 0.477 e. The van der Waals surface area contributed by atoms with Crippen LogP contribution in [0, 0.1) is 0 Å². The van der Waals surface area contributed by atoms with Crippen LogP contribution in [0.25, 0.3) is 0 Å². The van der Waals surface area contributed by atoms with Crippen LogP contribution >= 0.6 is 0 Å². The predicted molar refractivity (Wildman–Crippen MR) is 103 cm³/mol. The van der Waals surface area contributed by atoms with Crippen molar-refractivity contribution in [1.29, 1.82) is 0 Å². The van der Waals surface area contributed by atoms with Crippen LogP contribution in [0.4, 0.5) is 0 Å². The summed E-state index contributed by atoms with van der Waals surface area (Å²) in [6, 6.07) is 6.45. The molecule has 0 amide bonds. The van der Waals surface area contributed by atoms with E-state index in [-0.39, 0.29) is 6.42 Å². The van der Waals surface area contributed by atoms with E-state index in [1.807, 2.05) is 13.1 Å². The first-order valence-corrected chi connectivity index (χ1v) is 10.5. The normalized spacial score (nSPS) is 26.0. The summed E-state index contributed by atoms with van der Waals surface area (Å²) >= 11 is -1.36. The number of hydrogen-bond donors (Lipinski definition) is 5. The molecule has 0 aliphatic carbocycles. The molecule has 8 nitrogen and oxygen atoms in total. The van der Waals surface area contributed by atoms with Crippen LogP contribution in [0.5, 0.6) is 0 Å². The minimum Gasteiger partial charge on any atom is -0.598 e. The number of fused-ring (bicyclic) bond motifs is 1. The van der Waals surface area contributed by atoms with Gasteiger partial charge in [-0.25, -0.2) is 0 Å². The first-order chi connectivity index (χ1) is 13.0. The molecule has 1 aromatic carbocycles. The smallest absolute Gasteiger partial charge is 0.477 e. The first-order valence-electron chi connectivity index (χ1n) is 9.15. The fourth-order valence-corrected chi connectivity index (χ4v) is 4.80. The van der Waals surface area contributed by atoms with E-state index in [0.717, 1.165) is 18.7 Å². The van der Waals surface area contributed by atoms with Crippen LogP contribution in [0.15, 0.2) is 18.2 Å². The highest BCUT2D eigenvalue weighted by Crippen LogP contribution is 2.26. The number of aliphatic carboxylic acids is 1. The molecule has 4 atom stereocenters. The zero-order chi connectivity index (χ0) is 19.4. The molecule has 2 aliphatic heterocycles. The van der Waals surface area contributed by atoms with Gasteiger partial charge in [-0.1, -0.05) is 12.1 Å². The Morgan fingerprint density at radius 2 is 2.30 bits per heavy atom. The Morgan fingerprint density at radius 3 is 3.00 bits per heavy atom. The molecule has 0 aromatic heterocycles. The number of hydrogen-bond acceptors (Lipinski definition) is 7. The van der Waals surface area contributed by atoms with Gasteiger partial charge in [-0.3, -0.25) is 4.79 Å². The lowest BCUT2D eigenvalue weighted by Gasteiger charge is -2.30. The van der Waals surface area contributed by atoms with Gasteiger partial charge in [-0.05, 0) is 37.1 Å². The Balaban J connectivity index is 1.51. The molecule has 1 saturated heterocycles. The van der Waals surface area contributed by atoms with Gasteiger partial charge in [-0.15, -0.1) is 4.72 Å². The Kier molecular flexibility index (Phi) is 7.15. The van der Waals surface area contributed by atoms with E-state index in [0.29, 0.717) is 24.6 Å². The Bertz CT molecular complexity index is 667. The summed E-state index contributed by atoms with van der Waals surface area (Å²) in [4.78, 5) is 10.7. The van der Waals surface area contributed by atoms with Crippen molar-refractivity contribution in [1.82, 2.24) is 15.4 Å². The number of carboxylic acid groups (broad SMARTS) is 1. The number of benzene rings is 1. The number of rotatable bonds is 8. The molecule has 0 bridgehead atoms. The van der Waals surface area contributed by atoms with E-state index in [4.69, 9.17) is 9.76 Å². The zero-order valence-electron chi connectivity index (χ0n) is 15.3. The highest BCUT2D eigenvalue weighted by molar-refractivity contribution is 7.88. The van der Waals surface area contributed by atoms with E-state index < -0.39 is 36.5 Å². The van der Waals surface area contributed by atoms with Crippen molar-refractivity contribution in [3.8, 4) is 0 Å². The van der Waals surface area contributed by atoms with Crippen LogP contribution < -0.4 is 15.4 Å². The molecule has 2 aliphatic rings. The predicted octanol–water partition coefficient (Wildman–Crippen LogP) is -0.154. The van der Waals surface area contributed by atoms with Gasteiger partial charge in [0.25, 0.3) is 0 Å². The maximum absolute atomic E-state index is 12.5. The molecular formula is C17H26BN3O5S. The third-order valence-corrected chi connectivity index (χ3v) is 6.15. The van der Waals surface area contributed by atoms with Crippen molar-refractivity contribution in [3.63, 3.8) is 0 Å². The average Bonchev–Trinajstić information content (AvgIpc) is 2.99. The second-order valence-electron chi connectivity index (χ2n) is 7.06. The lowest BCUT2D eigenvalue weighted by Crippen LogP contribution is -2.53. The third kappa shape index (κ3) is 5.44. The molecule has 0 saturated carbocycles. The molecule has 3 rings (SSSR count). The van der Waals surface area contributed by atoms with Crippen molar-refractivity contribution < 1.29 is 24.1 Å². The van der Waals surface area contributed by atoms with Crippen LogP contribution in [0.1, 0.15) is 42.0 Å². The highest BCUT2D eigenvalue weighted by atomic mass is 32.2. The van der Waals surface area contributed by atoms with Gasteiger partial charge >= 0.3 is 13.1 Å². The highest BCUT2D eigenvalue weighted by Gasteiger charge is 2.38. The van der Waals surface area contributed by atoms with Crippen molar-refractivity contribution in [2.24, 2.45) is 0 Å². The third-order valence-electron chi connectivity index (χ3n) is 4.99. The molecule has 5 N–H and O–H groups in total. The summed E-state index contributed by atoms with van der Waals surface area (Å²) in [6.45, 7) is 1.66. The van der Waals surface area contributed by atoms with Crippen LogP contribution in [-0.4, -0.2) is 53.4 Å². The second kappa shape index (κ2) is 9.38. The lowest BCUT2D eigenvalue weighted by atomic mass is 9.73. The van der Waals surface area contributed by atoms with Gasteiger partial charge in [0, 0.05) is 36.1 Å². The summed E-state index contributed by atoms with van der Waals surface area (Å²) in [5.74, 6) is -1.08. The number of carbonyl (C=O) groups is 1. The SMILES string of the molecule is CNCC1NCc2cc(C[S+]([O-])N[C@H]3CC[C@@H](CC(=O)O)OB3O)ccc21. The fourth-order valence-electron chi connectivity index (χ4n) is 3.66. The molecule has 2 heterocycles. The minimum absolute atomic E-state index is 0.134. The van der Waals surface area contributed by atoms with Gasteiger partial charge in [0.05, 0.1) is 18.5 Å². The van der Waals surface area contributed by atoms with Crippen LogP contribution in [0.2, 0.25) is 0 Å². The van der Waals surface area contributed by atoms with Crippen molar-refractivity contribution in [2.75, 3.05) is 13.6 Å². The molecule has 27 heavy (non-hydrogen) atoms. The number of carboxylic acids is 1. The summed E-state index contributed by atoms with van der Waals surface area (Å²) in [5, 5.41) is 25.5. The van der Waals surface area contributed by atoms with Crippen molar-refractivity contribution in [3.05, 3.63) is 34.9 Å². The number of nitrogens with one attached hydrogen (secondary N) is 3. The van der Waals surface area contributed by atoms with E-state index in [9.17, 15) is 14.4 Å². The molecule has 1 fully saturated rings. The second-order valence-corrected chi connectivity index (χ2v) is 8.28. The Labute approximate surface area is 162 Å². The molecule has 10 heteroatoms. The molecular weight excluding hydrogens is 369 g/mol. The minimum atomic E-state index is -1.36. The first kappa shape index (κ1) is 20.6. The average molecular weight is 395 g/mol. The molecule has 2 unspecified atom stereocenters.